The zero-order valence-corrected chi connectivity index (χ0v) is 33.5. The van der Waals surface area contributed by atoms with Gasteiger partial charge in [-0.05, 0) is 92.8 Å². The van der Waals surface area contributed by atoms with Gasteiger partial charge in [0.05, 0.1) is 41.5 Å². The molecule has 2 amide bonds. The molecule has 0 radical (unpaired) electrons. The topological polar surface area (TPSA) is 222 Å². The van der Waals surface area contributed by atoms with E-state index in [1.165, 1.54) is 60.6 Å². The molecule has 256 valence electrons. The Kier molecular flexibility index (Phi) is 18.5. The number of hydrogen-bond acceptors (Lipinski definition) is 12. The second-order valence-electron chi connectivity index (χ2n) is 11.1. The maximum absolute atomic E-state index is 12.7. The van der Waals surface area contributed by atoms with Crippen LogP contribution in [0.4, 0.5) is 11.4 Å². The van der Waals surface area contributed by atoms with Gasteiger partial charge in [0.1, 0.15) is 11.8 Å². The van der Waals surface area contributed by atoms with Crippen LogP contribution in [0.5, 0.6) is 0 Å². The third-order valence-corrected chi connectivity index (χ3v) is 9.07. The average Bonchev–Trinajstić information content (AvgIpc) is 3.24. The summed E-state index contributed by atoms with van der Waals surface area (Å²) in [6.07, 6.45) is 8.01. The molecular formula is C30H36N4Na2O11S2. The molecule has 2 saturated heterocycles. The number of aliphatic hydroxyl groups excluding tert-OH is 2. The first-order valence-electron chi connectivity index (χ1n) is 15.8. The normalized spacial score (nSPS) is 17.7. The molecule has 2 aromatic rings. The van der Waals surface area contributed by atoms with Crippen molar-refractivity contribution in [3.8, 4) is 0 Å². The van der Waals surface area contributed by atoms with Gasteiger partial charge in [-0.3, -0.25) is 24.7 Å². The van der Waals surface area contributed by atoms with Gasteiger partial charge in [-0.2, -0.15) is 16.8 Å². The number of nitro benzene ring substituents is 1. The third-order valence-electron chi connectivity index (χ3n) is 8.18. The minimum atomic E-state index is -2.95. The van der Waals surface area contributed by atoms with Crippen molar-refractivity contribution in [2.24, 2.45) is 4.99 Å². The van der Waals surface area contributed by atoms with Gasteiger partial charge < -0.3 is 24.8 Å². The van der Waals surface area contributed by atoms with E-state index in [0.29, 0.717) is 35.9 Å². The average molecular weight is 739 g/mol. The number of aldehydes is 1. The van der Waals surface area contributed by atoms with Crippen molar-refractivity contribution in [3.05, 3.63) is 67.8 Å². The van der Waals surface area contributed by atoms with E-state index in [-0.39, 0.29) is 36.4 Å². The van der Waals surface area contributed by atoms with E-state index in [1.54, 1.807) is 13.0 Å². The number of aliphatic imine (C=N–C) groups is 1. The predicted octanol–water partition coefficient (Wildman–Crippen LogP) is 1.69. The number of benzene rings is 2. The Labute approximate surface area is 314 Å². The van der Waals surface area contributed by atoms with Gasteiger partial charge in [-0.1, -0.05) is 0 Å². The quantitative estimate of drug-likeness (QED) is 0.194. The van der Waals surface area contributed by atoms with E-state index in [2.05, 4.69) is 4.99 Å². The summed E-state index contributed by atoms with van der Waals surface area (Å²) in [6, 6.07) is 5.92. The van der Waals surface area contributed by atoms with Crippen LogP contribution in [-0.4, -0.2) is 135 Å². The second-order valence-corrected chi connectivity index (χ2v) is 13.6. The molecular weight excluding hydrogens is 702 g/mol. The van der Waals surface area contributed by atoms with E-state index < -0.39 is 35.4 Å². The standard InChI is InChI=1S/C15H18N2O5.C15H18N2O2.2Na.O4S2/c1-10-6-14(17(21)22)13(7-11(10)8-18)15(20)16-5-3-2-4-12(16)9-19;1-10-6-14-13(7-11(10)9-18)15(19)17-5-3-2-4-12(17)8-16-14;;;1-5(2)6(3)4/h6-7,9,12,18H,2-5,8H2,1H3;6-8,12,18H,2-5,9H2,1H3;;;/t2*12-;;;/m11.../s1. The van der Waals surface area contributed by atoms with Crippen LogP contribution < -0.4 is 0 Å². The Balaban J connectivity index is 0.000000282. The predicted molar refractivity (Wildman–Crippen MR) is 182 cm³/mol. The first kappa shape index (κ1) is 42.8. The SMILES string of the molecule is Cc1cc([N+](=O)[O-])c(C(=O)N2CCCC[C@@H]2C=O)cc1CO.Cc1cc2c(cc1CO)C(=O)N1CCCC[C@@H]1C=N2.O=S(=O)=S(=O)=O.[Na][Na]. The number of nitro groups is 1. The number of rotatable bonds is 5. The molecule has 15 nitrogen and oxygen atoms in total. The summed E-state index contributed by atoms with van der Waals surface area (Å²) in [4.78, 5) is 54.8. The molecule has 5 rings (SSSR count). The number of amides is 2. The molecule has 3 aliphatic heterocycles. The first-order valence-corrected chi connectivity index (χ1v) is 26.4. The number of piperidine rings is 2. The van der Waals surface area contributed by atoms with Crippen LogP contribution in [0.1, 0.15) is 81.5 Å². The summed E-state index contributed by atoms with van der Waals surface area (Å²) in [5, 5.41) is 29.9. The summed E-state index contributed by atoms with van der Waals surface area (Å²) < 4.78 is 36.3. The van der Waals surface area contributed by atoms with E-state index in [0.717, 1.165) is 55.5 Å². The molecule has 0 aliphatic carbocycles. The van der Waals surface area contributed by atoms with Crippen LogP contribution >= 0.6 is 0 Å². The summed E-state index contributed by atoms with van der Waals surface area (Å²) in [5.74, 6) is -0.481. The molecule has 0 spiro atoms. The third kappa shape index (κ3) is 11.6. The van der Waals surface area contributed by atoms with Gasteiger partial charge in [0.15, 0.2) is 0 Å². The molecule has 2 fully saturated rings. The van der Waals surface area contributed by atoms with Gasteiger partial charge in [0.25, 0.3) is 17.5 Å². The maximum atomic E-state index is 12.7. The fraction of sp³-hybridized carbons (Fsp3) is 0.467. The Bertz CT molecular complexity index is 1790. The Morgan fingerprint density at radius 2 is 1.53 bits per heavy atom. The molecule has 3 aliphatic rings. The van der Waals surface area contributed by atoms with Crippen LogP contribution in [0.25, 0.3) is 0 Å². The van der Waals surface area contributed by atoms with E-state index in [4.69, 9.17) is 16.8 Å². The van der Waals surface area contributed by atoms with Crippen LogP contribution in [-0.2, 0) is 36.5 Å². The molecule has 3 heterocycles. The Morgan fingerprint density at radius 1 is 0.959 bits per heavy atom. The number of fused-ring (bicyclic) bond motifs is 2. The number of carbonyl (C=O) groups is 3. The number of likely N-dealkylation sites (tertiary alicyclic amines) is 1. The van der Waals surface area contributed by atoms with E-state index in [9.17, 15) is 34.7 Å². The monoisotopic (exact) mass is 738 g/mol. The minimum absolute atomic E-state index is 0.0421. The summed E-state index contributed by atoms with van der Waals surface area (Å²) >= 11 is 2.89. The zero-order chi connectivity index (χ0) is 36.8. The van der Waals surface area contributed by atoms with Crippen molar-refractivity contribution in [1.82, 2.24) is 9.80 Å². The fourth-order valence-corrected chi connectivity index (χ4v) is 5.61. The zero-order valence-electron chi connectivity index (χ0n) is 27.9. The van der Waals surface area contributed by atoms with E-state index in [1.807, 2.05) is 24.1 Å². The molecule has 19 heteroatoms. The molecule has 49 heavy (non-hydrogen) atoms. The molecule has 0 saturated carbocycles. The van der Waals surface area contributed by atoms with Crippen molar-refractivity contribution >= 4 is 97.8 Å². The van der Waals surface area contributed by atoms with Gasteiger partial charge in [-0.15, -0.1) is 0 Å². The van der Waals surface area contributed by atoms with Crippen LogP contribution in [0, 0.1) is 24.0 Å². The molecule has 2 atom stereocenters. The summed E-state index contributed by atoms with van der Waals surface area (Å²) in [6.45, 7) is 4.44. The summed E-state index contributed by atoms with van der Waals surface area (Å²) in [5.41, 5.74) is 3.78. The molecule has 0 unspecified atom stereocenters. The van der Waals surface area contributed by atoms with Gasteiger partial charge in [-0.25, -0.2) is 0 Å². The van der Waals surface area contributed by atoms with Gasteiger partial charge in [0.2, 0.25) is 0 Å². The number of nitrogens with zero attached hydrogens (tertiary/aromatic N) is 4. The van der Waals surface area contributed by atoms with Crippen LogP contribution in [0.15, 0.2) is 29.3 Å². The number of aryl methyl sites for hydroxylation is 2. The van der Waals surface area contributed by atoms with Crippen molar-refractivity contribution in [2.75, 3.05) is 13.1 Å². The van der Waals surface area contributed by atoms with Crippen LogP contribution in [0.3, 0.4) is 0 Å². The molecule has 0 aromatic heterocycles. The molecule has 2 N–H and O–H groups in total. The van der Waals surface area contributed by atoms with E-state index >= 15 is 0 Å². The Hall–Kier alpha value is -2.32. The number of aliphatic hydroxyl groups is 2. The van der Waals surface area contributed by atoms with Gasteiger partial charge in [0, 0.05) is 25.4 Å². The first-order chi connectivity index (χ1) is 23.3. The van der Waals surface area contributed by atoms with Crippen LogP contribution in [0.2, 0.25) is 0 Å². The fourth-order valence-electron chi connectivity index (χ4n) is 5.61. The summed E-state index contributed by atoms with van der Waals surface area (Å²) in [7, 11) is -5.90. The van der Waals surface area contributed by atoms with Gasteiger partial charge >= 0.3 is 62.1 Å². The molecule has 2 aromatic carbocycles. The van der Waals surface area contributed by atoms with Crippen molar-refractivity contribution < 1.29 is 46.4 Å². The molecule has 0 bridgehead atoms. The number of hydrogen-bond donors (Lipinski definition) is 2. The number of carbonyl (C=O) groups excluding carboxylic acids is 3. The van der Waals surface area contributed by atoms with Crippen molar-refractivity contribution in [3.63, 3.8) is 0 Å². The van der Waals surface area contributed by atoms with Crippen molar-refractivity contribution in [1.29, 1.82) is 0 Å². The second kappa shape index (κ2) is 21.1. The van der Waals surface area contributed by atoms with Crippen molar-refractivity contribution in [2.45, 2.75) is 77.7 Å². The Morgan fingerprint density at radius 3 is 2.10 bits per heavy atom.